The molecule has 0 spiro atoms. The standard InChI is InChI=1S/C22H36N6OS/c1-6-23-21(25-15-18-11-8-9-12-19(18)29-7-2)24-14-10-13-20-26-27-22(30-5)28(20)16-17(3)4/h8-9,11-12,17H,6-7,10,13-16H2,1-5H3,(H2,23,24,25). The van der Waals surface area contributed by atoms with Crippen molar-refractivity contribution in [3.05, 3.63) is 35.7 Å². The minimum atomic E-state index is 0.566. The van der Waals surface area contributed by atoms with E-state index in [0.29, 0.717) is 19.1 Å². The summed E-state index contributed by atoms with van der Waals surface area (Å²) in [5, 5.41) is 16.5. The van der Waals surface area contributed by atoms with Crippen LogP contribution in [-0.4, -0.2) is 46.7 Å². The van der Waals surface area contributed by atoms with Gasteiger partial charge < -0.3 is 19.9 Å². The summed E-state index contributed by atoms with van der Waals surface area (Å²) in [5.41, 5.74) is 1.09. The van der Waals surface area contributed by atoms with Gasteiger partial charge in [-0.1, -0.05) is 43.8 Å². The molecule has 0 unspecified atom stereocenters. The maximum Gasteiger partial charge on any atom is 0.191 e. The molecular formula is C22H36N6OS. The van der Waals surface area contributed by atoms with Crippen molar-refractivity contribution in [2.75, 3.05) is 26.0 Å². The maximum atomic E-state index is 5.70. The van der Waals surface area contributed by atoms with Crippen LogP contribution in [0.3, 0.4) is 0 Å². The molecule has 0 aliphatic heterocycles. The zero-order valence-corrected chi connectivity index (χ0v) is 19.8. The summed E-state index contributed by atoms with van der Waals surface area (Å²) >= 11 is 1.65. The molecule has 7 nitrogen and oxygen atoms in total. The molecule has 0 aliphatic carbocycles. The van der Waals surface area contributed by atoms with Gasteiger partial charge in [-0.15, -0.1) is 10.2 Å². The number of guanidine groups is 1. The quantitative estimate of drug-likeness (QED) is 0.230. The van der Waals surface area contributed by atoms with Gasteiger partial charge in [-0.3, -0.25) is 0 Å². The lowest BCUT2D eigenvalue weighted by molar-refractivity contribution is 0.336. The smallest absolute Gasteiger partial charge is 0.191 e. The number of aryl methyl sites for hydroxylation is 1. The topological polar surface area (TPSA) is 76.4 Å². The summed E-state index contributed by atoms with van der Waals surface area (Å²) in [5.74, 6) is 3.34. The number of nitrogens with zero attached hydrogens (tertiary/aromatic N) is 4. The van der Waals surface area contributed by atoms with E-state index in [9.17, 15) is 0 Å². The highest BCUT2D eigenvalue weighted by molar-refractivity contribution is 7.98. The van der Waals surface area contributed by atoms with E-state index in [1.165, 1.54) is 0 Å². The Morgan fingerprint density at radius 3 is 2.70 bits per heavy atom. The zero-order valence-electron chi connectivity index (χ0n) is 18.9. The second-order valence-electron chi connectivity index (χ2n) is 7.37. The predicted molar refractivity (Wildman–Crippen MR) is 125 cm³/mol. The van der Waals surface area contributed by atoms with Gasteiger partial charge in [0.1, 0.15) is 11.6 Å². The van der Waals surface area contributed by atoms with Crippen molar-refractivity contribution in [1.29, 1.82) is 0 Å². The van der Waals surface area contributed by atoms with E-state index in [1.807, 2.05) is 25.1 Å². The molecule has 2 N–H and O–H groups in total. The van der Waals surface area contributed by atoms with Crippen LogP contribution in [0.4, 0.5) is 0 Å². The molecule has 0 atom stereocenters. The third-order valence-corrected chi connectivity index (χ3v) is 5.08. The number of hydrogen-bond acceptors (Lipinski definition) is 5. The number of rotatable bonds is 12. The second-order valence-corrected chi connectivity index (χ2v) is 8.15. The fourth-order valence-electron chi connectivity index (χ4n) is 3.09. The lowest BCUT2D eigenvalue weighted by Crippen LogP contribution is -2.38. The number of ether oxygens (including phenoxy) is 1. The Hall–Kier alpha value is -2.22. The summed E-state index contributed by atoms with van der Waals surface area (Å²) in [4.78, 5) is 4.72. The number of nitrogens with one attached hydrogen (secondary N) is 2. The zero-order chi connectivity index (χ0) is 21.8. The van der Waals surface area contributed by atoms with E-state index in [0.717, 1.165) is 60.7 Å². The van der Waals surface area contributed by atoms with E-state index >= 15 is 0 Å². The van der Waals surface area contributed by atoms with E-state index in [4.69, 9.17) is 9.73 Å². The van der Waals surface area contributed by atoms with Crippen LogP contribution in [0.25, 0.3) is 0 Å². The summed E-state index contributed by atoms with van der Waals surface area (Å²) in [6.45, 7) is 12.3. The molecule has 0 fully saturated rings. The summed E-state index contributed by atoms with van der Waals surface area (Å²) in [7, 11) is 0. The highest BCUT2D eigenvalue weighted by atomic mass is 32.2. The van der Waals surface area contributed by atoms with Crippen LogP contribution in [0.2, 0.25) is 0 Å². The van der Waals surface area contributed by atoms with Crippen LogP contribution >= 0.6 is 11.8 Å². The van der Waals surface area contributed by atoms with Crippen LogP contribution in [0.1, 0.15) is 45.5 Å². The van der Waals surface area contributed by atoms with Gasteiger partial charge in [0.15, 0.2) is 11.1 Å². The first-order valence-corrected chi connectivity index (χ1v) is 12.0. The molecule has 0 saturated carbocycles. The summed E-state index contributed by atoms with van der Waals surface area (Å²) < 4.78 is 7.95. The van der Waals surface area contributed by atoms with Crippen LogP contribution in [0, 0.1) is 5.92 Å². The minimum absolute atomic E-state index is 0.566. The van der Waals surface area contributed by atoms with E-state index in [2.05, 4.69) is 58.5 Å². The summed E-state index contributed by atoms with van der Waals surface area (Å²) in [6.07, 6.45) is 3.90. The van der Waals surface area contributed by atoms with Crippen molar-refractivity contribution in [2.45, 2.75) is 58.8 Å². The lowest BCUT2D eigenvalue weighted by atomic mass is 10.2. The SMILES string of the molecule is CCNC(=NCc1ccccc1OCC)NCCCc1nnc(SC)n1CC(C)C. The molecule has 1 aromatic carbocycles. The third-order valence-electron chi connectivity index (χ3n) is 4.42. The second kappa shape index (κ2) is 13.2. The third kappa shape index (κ3) is 7.55. The first-order chi connectivity index (χ1) is 14.6. The van der Waals surface area contributed by atoms with Crippen molar-refractivity contribution in [2.24, 2.45) is 10.9 Å². The molecule has 0 bridgehead atoms. The maximum absolute atomic E-state index is 5.70. The molecule has 1 aromatic heterocycles. The molecule has 2 rings (SSSR count). The number of hydrogen-bond donors (Lipinski definition) is 2. The van der Waals surface area contributed by atoms with Crippen molar-refractivity contribution in [3.63, 3.8) is 0 Å². The van der Waals surface area contributed by atoms with Crippen molar-refractivity contribution >= 4 is 17.7 Å². The molecule has 1 heterocycles. The van der Waals surface area contributed by atoms with Gasteiger partial charge in [0.2, 0.25) is 0 Å². The lowest BCUT2D eigenvalue weighted by Gasteiger charge is -2.13. The van der Waals surface area contributed by atoms with E-state index in [1.54, 1.807) is 11.8 Å². The number of aliphatic imine (C=N–C) groups is 1. The Morgan fingerprint density at radius 1 is 1.20 bits per heavy atom. The average Bonchev–Trinajstić information content (AvgIpc) is 3.11. The predicted octanol–water partition coefficient (Wildman–Crippen LogP) is 3.74. The highest BCUT2D eigenvalue weighted by Gasteiger charge is 2.12. The minimum Gasteiger partial charge on any atom is -0.494 e. The molecule has 2 aromatic rings. The van der Waals surface area contributed by atoms with Gasteiger partial charge in [-0.2, -0.15) is 0 Å². The van der Waals surface area contributed by atoms with Gasteiger partial charge in [-0.05, 0) is 38.5 Å². The molecule has 30 heavy (non-hydrogen) atoms. The molecule has 166 valence electrons. The normalized spacial score (nSPS) is 11.7. The van der Waals surface area contributed by atoms with E-state index < -0.39 is 0 Å². The number of thioether (sulfide) groups is 1. The number of aromatic nitrogens is 3. The molecule has 0 saturated heterocycles. The fraction of sp³-hybridized carbons (Fsp3) is 0.591. The Balaban J connectivity index is 1.91. The Kier molecular flexibility index (Phi) is 10.5. The van der Waals surface area contributed by atoms with Crippen LogP contribution in [-0.2, 0) is 19.5 Å². The molecule has 0 amide bonds. The number of para-hydroxylation sites is 1. The van der Waals surface area contributed by atoms with E-state index in [-0.39, 0.29) is 0 Å². The highest BCUT2D eigenvalue weighted by Crippen LogP contribution is 2.19. The molecule has 0 radical (unpaired) electrons. The monoisotopic (exact) mass is 432 g/mol. The van der Waals surface area contributed by atoms with Gasteiger partial charge in [0, 0.05) is 31.6 Å². The van der Waals surface area contributed by atoms with Crippen LogP contribution < -0.4 is 15.4 Å². The molecule has 8 heteroatoms. The van der Waals surface area contributed by atoms with Crippen molar-refractivity contribution in [3.8, 4) is 5.75 Å². The molecular weight excluding hydrogens is 396 g/mol. The Bertz CT molecular complexity index is 790. The van der Waals surface area contributed by atoms with Gasteiger partial charge in [0.05, 0.1) is 13.2 Å². The van der Waals surface area contributed by atoms with Crippen LogP contribution in [0.5, 0.6) is 5.75 Å². The summed E-state index contributed by atoms with van der Waals surface area (Å²) in [6, 6.07) is 8.06. The largest absolute Gasteiger partial charge is 0.494 e. The van der Waals surface area contributed by atoms with Crippen LogP contribution in [0.15, 0.2) is 34.4 Å². The van der Waals surface area contributed by atoms with Crippen molar-refractivity contribution in [1.82, 2.24) is 25.4 Å². The first kappa shape index (κ1) is 24.1. The van der Waals surface area contributed by atoms with Crippen molar-refractivity contribution < 1.29 is 4.74 Å². The average molecular weight is 433 g/mol. The Labute approximate surface area is 185 Å². The fourth-order valence-corrected chi connectivity index (χ4v) is 3.62. The first-order valence-electron chi connectivity index (χ1n) is 10.8. The van der Waals surface area contributed by atoms with Gasteiger partial charge in [-0.25, -0.2) is 4.99 Å². The Morgan fingerprint density at radius 2 is 2.00 bits per heavy atom. The van der Waals surface area contributed by atoms with Gasteiger partial charge >= 0.3 is 0 Å². The number of benzene rings is 1. The molecule has 0 aliphatic rings. The van der Waals surface area contributed by atoms with Gasteiger partial charge in [0.25, 0.3) is 0 Å².